The van der Waals surface area contributed by atoms with E-state index in [1.807, 2.05) is 19.9 Å². The lowest BCUT2D eigenvalue weighted by atomic mass is 10.3. The second kappa shape index (κ2) is 4.67. The van der Waals surface area contributed by atoms with Gasteiger partial charge < -0.3 is 4.90 Å². The van der Waals surface area contributed by atoms with E-state index in [9.17, 15) is 4.79 Å². The molecule has 0 aromatic carbocycles. The minimum Gasteiger partial charge on any atom is -0.321 e. The van der Waals surface area contributed by atoms with Crippen molar-refractivity contribution >= 4 is 17.4 Å². The summed E-state index contributed by atoms with van der Waals surface area (Å²) in [5.74, 6) is -0.240. The van der Waals surface area contributed by atoms with Gasteiger partial charge in [-0.25, -0.2) is 0 Å². The highest BCUT2D eigenvalue weighted by Gasteiger charge is 2.20. The number of hydrogen-bond acceptors (Lipinski definition) is 5. The molecule has 0 atom stereocenters. The number of nitriles is 1. The van der Waals surface area contributed by atoms with E-state index in [1.54, 1.807) is 5.38 Å². The molecule has 0 N–H and O–H groups in total. The Morgan fingerprint density at radius 2 is 2.50 bits per heavy atom. The highest BCUT2D eigenvalue weighted by molar-refractivity contribution is 7.03. The summed E-state index contributed by atoms with van der Waals surface area (Å²) in [4.78, 5) is 13.2. The Morgan fingerprint density at radius 3 is 2.93 bits per heavy atom. The Bertz CT molecular complexity index is 341. The van der Waals surface area contributed by atoms with Crippen LogP contribution in [0.5, 0.6) is 0 Å². The fourth-order valence-electron chi connectivity index (χ4n) is 0.970. The maximum Gasteiger partial charge on any atom is 0.276 e. The topological polar surface area (TPSA) is 69.9 Å². The smallest absolute Gasteiger partial charge is 0.276 e. The van der Waals surface area contributed by atoms with Gasteiger partial charge in [-0.05, 0) is 25.4 Å². The number of carbonyl (C=O) groups is 1. The van der Waals surface area contributed by atoms with E-state index in [0.717, 1.165) is 11.5 Å². The van der Waals surface area contributed by atoms with Crippen LogP contribution >= 0.6 is 11.5 Å². The van der Waals surface area contributed by atoms with Crippen molar-refractivity contribution in [3.8, 4) is 6.07 Å². The maximum absolute atomic E-state index is 11.7. The van der Waals surface area contributed by atoms with Crippen molar-refractivity contribution in [3.05, 3.63) is 11.1 Å². The zero-order valence-corrected chi connectivity index (χ0v) is 8.78. The van der Waals surface area contributed by atoms with E-state index in [2.05, 4.69) is 9.59 Å². The third-order valence-electron chi connectivity index (χ3n) is 1.70. The third-order valence-corrected chi connectivity index (χ3v) is 2.21. The molecule has 1 aromatic rings. The van der Waals surface area contributed by atoms with E-state index in [4.69, 9.17) is 5.26 Å². The molecule has 0 saturated carbocycles. The van der Waals surface area contributed by atoms with Gasteiger partial charge in [0, 0.05) is 11.4 Å². The number of carbonyl (C=O) groups excluding carboxylic acids is 1. The Kier molecular flexibility index (Phi) is 3.54. The molecule has 0 spiro atoms. The number of amides is 1. The van der Waals surface area contributed by atoms with E-state index >= 15 is 0 Å². The normalized spacial score (nSPS) is 9.86. The van der Waals surface area contributed by atoms with Crippen molar-refractivity contribution in [2.24, 2.45) is 0 Å². The van der Waals surface area contributed by atoms with E-state index in [-0.39, 0.29) is 18.5 Å². The monoisotopic (exact) mass is 210 g/mol. The van der Waals surface area contributed by atoms with Gasteiger partial charge in [-0.3, -0.25) is 4.79 Å². The molecule has 5 nitrogen and oxygen atoms in total. The predicted octanol–water partition coefficient (Wildman–Crippen LogP) is 0.912. The van der Waals surface area contributed by atoms with Gasteiger partial charge in [-0.15, -0.1) is 5.10 Å². The van der Waals surface area contributed by atoms with Crippen molar-refractivity contribution in [2.45, 2.75) is 19.9 Å². The Balaban J connectivity index is 2.80. The fraction of sp³-hybridized carbons (Fsp3) is 0.500. The molecule has 6 heteroatoms. The van der Waals surface area contributed by atoms with E-state index < -0.39 is 0 Å². The van der Waals surface area contributed by atoms with Crippen LogP contribution in [-0.2, 0) is 0 Å². The van der Waals surface area contributed by atoms with Crippen LogP contribution in [0.25, 0.3) is 0 Å². The van der Waals surface area contributed by atoms with Gasteiger partial charge in [0.1, 0.15) is 6.54 Å². The molecule has 0 bridgehead atoms. The SMILES string of the molecule is CC(C)N(CC#N)C(=O)c1csnn1. The minimum atomic E-state index is -0.240. The van der Waals surface area contributed by atoms with Crippen LogP contribution in [0.2, 0.25) is 0 Å². The molecule has 0 aliphatic carbocycles. The standard InChI is InChI=1S/C8H10N4OS/c1-6(2)12(4-3-9)8(13)7-5-14-11-10-7/h5-6H,4H2,1-2H3. The van der Waals surface area contributed by atoms with Crippen LogP contribution < -0.4 is 0 Å². The fourth-order valence-corrected chi connectivity index (χ4v) is 1.40. The van der Waals surface area contributed by atoms with Crippen LogP contribution in [0.1, 0.15) is 24.3 Å². The van der Waals surface area contributed by atoms with Crippen molar-refractivity contribution in [1.82, 2.24) is 14.5 Å². The molecule has 1 heterocycles. The van der Waals surface area contributed by atoms with Crippen molar-refractivity contribution in [3.63, 3.8) is 0 Å². The lowest BCUT2D eigenvalue weighted by molar-refractivity contribution is 0.0725. The first-order valence-corrected chi connectivity index (χ1v) is 4.95. The molecular formula is C8H10N4OS. The highest BCUT2D eigenvalue weighted by atomic mass is 32.1. The molecule has 0 unspecified atom stereocenters. The number of hydrogen-bond donors (Lipinski definition) is 0. The van der Waals surface area contributed by atoms with Crippen molar-refractivity contribution in [2.75, 3.05) is 6.54 Å². The molecule has 0 aliphatic rings. The lowest BCUT2D eigenvalue weighted by Gasteiger charge is -2.22. The van der Waals surface area contributed by atoms with Gasteiger partial charge in [0.25, 0.3) is 5.91 Å². The number of rotatable bonds is 3. The quantitative estimate of drug-likeness (QED) is 0.695. The third kappa shape index (κ3) is 2.26. The first kappa shape index (κ1) is 10.6. The van der Waals surface area contributed by atoms with Gasteiger partial charge in [0.15, 0.2) is 5.69 Å². The summed E-state index contributed by atoms with van der Waals surface area (Å²) in [6.45, 7) is 3.79. The Hall–Kier alpha value is -1.48. The summed E-state index contributed by atoms with van der Waals surface area (Å²) in [5, 5.41) is 13.8. The van der Waals surface area contributed by atoms with Gasteiger partial charge in [0.05, 0.1) is 6.07 Å². The summed E-state index contributed by atoms with van der Waals surface area (Å²) in [6.07, 6.45) is 0. The molecular weight excluding hydrogens is 200 g/mol. The number of aromatic nitrogens is 2. The zero-order chi connectivity index (χ0) is 10.6. The summed E-state index contributed by atoms with van der Waals surface area (Å²) in [5.41, 5.74) is 0.305. The lowest BCUT2D eigenvalue weighted by Crippen LogP contribution is -2.37. The van der Waals surface area contributed by atoms with E-state index in [0.29, 0.717) is 5.69 Å². The summed E-state index contributed by atoms with van der Waals surface area (Å²) in [7, 11) is 0. The average molecular weight is 210 g/mol. The van der Waals surface area contributed by atoms with Gasteiger partial charge in [0.2, 0.25) is 0 Å². The Morgan fingerprint density at radius 1 is 1.79 bits per heavy atom. The van der Waals surface area contributed by atoms with Crippen LogP contribution in [-0.4, -0.2) is 33.0 Å². The van der Waals surface area contributed by atoms with Crippen molar-refractivity contribution < 1.29 is 4.79 Å². The first-order chi connectivity index (χ1) is 6.66. The van der Waals surface area contributed by atoms with Gasteiger partial charge >= 0.3 is 0 Å². The second-order valence-corrected chi connectivity index (χ2v) is 3.58. The molecule has 0 radical (unpaired) electrons. The van der Waals surface area contributed by atoms with Gasteiger partial charge in [-0.1, -0.05) is 4.49 Å². The molecule has 74 valence electrons. The molecule has 1 rings (SSSR count). The average Bonchev–Trinajstić information content (AvgIpc) is 2.65. The van der Waals surface area contributed by atoms with Gasteiger partial charge in [-0.2, -0.15) is 5.26 Å². The maximum atomic E-state index is 11.7. The first-order valence-electron chi connectivity index (χ1n) is 4.11. The molecule has 1 aromatic heterocycles. The molecule has 0 aliphatic heterocycles. The molecule has 0 saturated heterocycles. The summed E-state index contributed by atoms with van der Waals surface area (Å²) in [6, 6.07) is 1.94. The zero-order valence-electron chi connectivity index (χ0n) is 7.97. The van der Waals surface area contributed by atoms with Crippen molar-refractivity contribution in [1.29, 1.82) is 5.26 Å². The van der Waals surface area contributed by atoms with Crippen LogP contribution in [0, 0.1) is 11.3 Å². The Labute approximate surface area is 86.1 Å². The summed E-state index contributed by atoms with van der Waals surface area (Å²) < 4.78 is 3.61. The van der Waals surface area contributed by atoms with Crippen LogP contribution in [0.15, 0.2) is 5.38 Å². The molecule has 0 fully saturated rings. The molecule has 14 heavy (non-hydrogen) atoms. The van der Waals surface area contributed by atoms with Crippen LogP contribution in [0.3, 0.4) is 0 Å². The number of nitrogens with zero attached hydrogens (tertiary/aromatic N) is 4. The summed E-state index contributed by atoms with van der Waals surface area (Å²) >= 11 is 1.12. The molecule has 1 amide bonds. The minimum absolute atomic E-state index is 0.0103. The predicted molar refractivity (Wildman–Crippen MR) is 51.7 cm³/mol. The second-order valence-electron chi connectivity index (χ2n) is 2.98. The largest absolute Gasteiger partial charge is 0.321 e. The highest BCUT2D eigenvalue weighted by Crippen LogP contribution is 2.06. The van der Waals surface area contributed by atoms with E-state index in [1.165, 1.54) is 4.90 Å². The van der Waals surface area contributed by atoms with Crippen LogP contribution in [0.4, 0.5) is 0 Å².